The summed E-state index contributed by atoms with van der Waals surface area (Å²) in [4.78, 5) is 20.8. The van der Waals surface area contributed by atoms with E-state index in [9.17, 15) is 9.18 Å². The van der Waals surface area contributed by atoms with Crippen molar-refractivity contribution in [2.75, 3.05) is 31.9 Å². The molecule has 0 atom stereocenters. The van der Waals surface area contributed by atoms with Crippen molar-refractivity contribution >= 4 is 17.7 Å². The van der Waals surface area contributed by atoms with Crippen molar-refractivity contribution in [3.63, 3.8) is 0 Å². The number of benzene rings is 1. The molecule has 0 unspecified atom stereocenters. The minimum Gasteiger partial charge on any atom is -0.339 e. The van der Waals surface area contributed by atoms with Crippen LogP contribution in [0.15, 0.2) is 29.4 Å². The summed E-state index contributed by atoms with van der Waals surface area (Å²) in [5.74, 6) is 1.14. The van der Waals surface area contributed by atoms with Crippen LogP contribution in [0.25, 0.3) is 0 Å². The zero-order valence-corrected chi connectivity index (χ0v) is 15.8. The van der Waals surface area contributed by atoms with Gasteiger partial charge in [-0.05, 0) is 12.5 Å². The number of carbonyl (C=O) groups excluding carboxylic acids is 1. The highest BCUT2D eigenvalue weighted by Crippen LogP contribution is 2.16. The predicted octanol–water partition coefficient (Wildman–Crippen LogP) is 2.33. The van der Waals surface area contributed by atoms with E-state index in [2.05, 4.69) is 27.0 Å². The first-order valence-corrected chi connectivity index (χ1v) is 9.92. The van der Waals surface area contributed by atoms with Gasteiger partial charge in [0.15, 0.2) is 0 Å². The summed E-state index contributed by atoms with van der Waals surface area (Å²) in [7, 11) is 0. The molecule has 8 heteroatoms. The molecule has 2 heterocycles. The molecule has 1 aromatic heterocycles. The Balaban J connectivity index is 1.42. The zero-order valence-electron chi connectivity index (χ0n) is 14.9. The van der Waals surface area contributed by atoms with Gasteiger partial charge < -0.3 is 4.90 Å². The number of nitrogens with zero attached hydrogens (tertiary/aromatic N) is 4. The van der Waals surface area contributed by atoms with Gasteiger partial charge in [-0.2, -0.15) is 0 Å². The lowest BCUT2D eigenvalue weighted by molar-refractivity contribution is -0.130. The number of hydrogen-bond acceptors (Lipinski definition) is 5. The fourth-order valence-electron chi connectivity index (χ4n) is 2.93. The van der Waals surface area contributed by atoms with E-state index in [4.69, 9.17) is 0 Å². The van der Waals surface area contributed by atoms with Crippen LogP contribution in [0.3, 0.4) is 0 Å². The molecule has 0 aliphatic carbocycles. The van der Waals surface area contributed by atoms with Gasteiger partial charge in [-0.3, -0.25) is 14.8 Å². The van der Waals surface area contributed by atoms with Crippen molar-refractivity contribution in [2.24, 2.45) is 0 Å². The highest BCUT2D eigenvalue weighted by Gasteiger charge is 2.22. The largest absolute Gasteiger partial charge is 0.339 e. The monoisotopic (exact) mass is 377 g/mol. The third-order valence-corrected chi connectivity index (χ3v) is 5.23. The zero-order chi connectivity index (χ0) is 18.4. The van der Waals surface area contributed by atoms with E-state index >= 15 is 0 Å². The molecule has 1 fully saturated rings. The van der Waals surface area contributed by atoms with Gasteiger partial charge in [0.05, 0.1) is 5.75 Å². The molecule has 0 spiro atoms. The Morgan fingerprint density at radius 1 is 1.27 bits per heavy atom. The summed E-state index contributed by atoms with van der Waals surface area (Å²) in [6, 6.07) is 6.85. The summed E-state index contributed by atoms with van der Waals surface area (Å²) < 4.78 is 13.8. The Bertz CT molecular complexity index is 730. The van der Waals surface area contributed by atoms with Crippen molar-refractivity contribution < 1.29 is 9.18 Å². The van der Waals surface area contributed by atoms with E-state index in [1.54, 1.807) is 6.07 Å². The summed E-state index contributed by atoms with van der Waals surface area (Å²) in [5, 5.41) is 7.66. The molecular formula is C18H24FN5OS. The number of H-pyrrole nitrogens is 1. The molecule has 1 aromatic carbocycles. The minimum atomic E-state index is -0.170. The van der Waals surface area contributed by atoms with E-state index in [1.165, 1.54) is 17.8 Å². The molecule has 1 aliphatic heterocycles. The van der Waals surface area contributed by atoms with Crippen LogP contribution in [-0.2, 0) is 17.8 Å². The smallest absolute Gasteiger partial charge is 0.233 e. The van der Waals surface area contributed by atoms with Gasteiger partial charge in [-0.1, -0.05) is 36.9 Å². The highest BCUT2D eigenvalue weighted by atomic mass is 32.2. The number of thioether (sulfide) groups is 1. The number of halogens is 1. The van der Waals surface area contributed by atoms with Crippen LogP contribution in [0.4, 0.5) is 4.39 Å². The number of amides is 1. The maximum Gasteiger partial charge on any atom is 0.233 e. The van der Waals surface area contributed by atoms with Crippen LogP contribution in [0.1, 0.15) is 24.7 Å². The first-order chi connectivity index (χ1) is 12.7. The Morgan fingerprint density at radius 2 is 2.04 bits per heavy atom. The average molecular weight is 377 g/mol. The third kappa shape index (κ3) is 5.04. The van der Waals surface area contributed by atoms with Crippen LogP contribution in [0.5, 0.6) is 0 Å². The van der Waals surface area contributed by atoms with Gasteiger partial charge in [-0.25, -0.2) is 9.37 Å². The summed E-state index contributed by atoms with van der Waals surface area (Å²) >= 11 is 1.37. The SMILES string of the molecule is CCCc1nc(SCC(=O)N2CCN(Cc3ccccc3F)CC2)n[nH]1. The van der Waals surface area contributed by atoms with Gasteiger partial charge in [0.1, 0.15) is 11.6 Å². The predicted molar refractivity (Wildman–Crippen MR) is 99.4 cm³/mol. The summed E-state index contributed by atoms with van der Waals surface area (Å²) in [6.45, 7) is 5.52. The molecule has 2 aromatic rings. The number of piperazine rings is 1. The van der Waals surface area contributed by atoms with Gasteiger partial charge in [-0.15, -0.1) is 5.10 Å². The number of carbonyl (C=O) groups is 1. The van der Waals surface area contributed by atoms with Gasteiger partial charge in [0.2, 0.25) is 11.1 Å². The molecular weight excluding hydrogens is 353 g/mol. The van der Waals surface area contributed by atoms with Crippen LogP contribution in [-0.4, -0.2) is 62.8 Å². The second kappa shape index (κ2) is 9.14. The van der Waals surface area contributed by atoms with Crippen LogP contribution >= 0.6 is 11.8 Å². The fourth-order valence-corrected chi connectivity index (χ4v) is 3.65. The van der Waals surface area contributed by atoms with Crippen molar-refractivity contribution in [1.29, 1.82) is 0 Å². The quantitative estimate of drug-likeness (QED) is 0.751. The Morgan fingerprint density at radius 3 is 2.77 bits per heavy atom. The van der Waals surface area contributed by atoms with E-state index in [1.807, 2.05) is 17.0 Å². The Hall–Kier alpha value is -1.93. The standard InChI is InChI=1S/C18H24FN5OS/c1-2-5-16-20-18(22-21-16)26-13-17(25)24-10-8-23(9-11-24)12-14-6-3-4-7-15(14)19/h3-4,6-7H,2,5,8-13H2,1H3,(H,20,21,22). The topological polar surface area (TPSA) is 65.1 Å². The number of aromatic amines is 1. The second-order valence-corrected chi connectivity index (χ2v) is 7.29. The number of nitrogens with one attached hydrogen (secondary N) is 1. The lowest BCUT2D eigenvalue weighted by Crippen LogP contribution is -2.48. The van der Waals surface area contributed by atoms with E-state index in [-0.39, 0.29) is 11.7 Å². The molecule has 1 aliphatic rings. The Labute approximate surface area is 157 Å². The molecule has 1 saturated heterocycles. The highest BCUT2D eigenvalue weighted by molar-refractivity contribution is 7.99. The lowest BCUT2D eigenvalue weighted by atomic mass is 10.2. The second-order valence-electron chi connectivity index (χ2n) is 6.35. The molecule has 0 radical (unpaired) electrons. The Kier molecular flexibility index (Phi) is 6.62. The van der Waals surface area contributed by atoms with E-state index in [0.717, 1.165) is 31.8 Å². The normalized spacial score (nSPS) is 15.4. The molecule has 1 amide bonds. The summed E-state index contributed by atoms with van der Waals surface area (Å²) in [6.07, 6.45) is 1.88. The maximum atomic E-state index is 13.8. The van der Waals surface area contributed by atoms with Crippen LogP contribution in [0.2, 0.25) is 0 Å². The molecule has 1 N–H and O–H groups in total. The number of aryl methyl sites for hydroxylation is 1. The van der Waals surface area contributed by atoms with E-state index in [0.29, 0.717) is 36.1 Å². The summed E-state index contributed by atoms with van der Waals surface area (Å²) in [5.41, 5.74) is 0.704. The molecule has 3 rings (SSSR count). The number of hydrogen-bond donors (Lipinski definition) is 1. The first-order valence-electron chi connectivity index (χ1n) is 8.93. The molecule has 0 bridgehead atoms. The van der Waals surface area contributed by atoms with Gasteiger partial charge in [0, 0.05) is 44.7 Å². The van der Waals surface area contributed by atoms with Gasteiger partial charge >= 0.3 is 0 Å². The molecule has 0 saturated carbocycles. The first kappa shape index (κ1) is 18.8. The van der Waals surface area contributed by atoms with E-state index < -0.39 is 0 Å². The van der Waals surface area contributed by atoms with Crippen molar-refractivity contribution in [2.45, 2.75) is 31.5 Å². The van der Waals surface area contributed by atoms with Gasteiger partial charge in [0.25, 0.3) is 0 Å². The van der Waals surface area contributed by atoms with Crippen LogP contribution < -0.4 is 0 Å². The van der Waals surface area contributed by atoms with Crippen molar-refractivity contribution in [3.05, 3.63) is 41.5 Å². The van der Waals surface area contributed by atoms with Crippen molar-refractivity contribution in [1.82, 2.24) is 25.0 Å². The number of rotatable bonds is 7. The third-order valence-electron chi connectivity index (χ3n) is 4.40. The molecule has 6 nitrogen and oxygen atoms in total. The maximum absolute atomic E-state index is 13.8. The molecule has 26 heavy (non-hydrogen) atoms. The average Bonchev–Trinajstić information content (AvgIpc) is 3.10. The number of aromatic nitrogens is 3. The van der Waals surface area contributed by atoms with Crippen LogP contribution in [0, 0.1) is 5.82 Å². The van der Waals surface area contributed by atoms with Crippen molar-refractivity contribution in [3.8, 4) is 0 Å². The molecule has 140 valence electrons. The lowest BCUT2D eigenvalue weighted by Gasteiger charge is -2.34. The minimum absolute atomic E-state index is 0.0994. The fraction of sp³-hybridized carbons (Fsp3) is 0.500.